The van der Waals surface area contributed by atoms with Crippen LogP contribution in [0.25, 0.3) is 11.3 Å². The van der Waals surface area contributed by atoms with E-state index >= 15 is 0 Å². The topological polar surface area (TPSA) is 104 Å². The minimum absolute atomic E-state index is 0.258. The number of benzene rings is 1. The molecule has 7 nitrogen and oxygen atoms in total. The summed E-state index contributed by atoms with van der Waals surface area (Å²) in [6.07, 6.45) is 1.14. The van der Waals surface area contributed by atoms with Crippen molar-refractivity contribution in [3.05, 3.63) is 47.2 Å². The number of aliphatic carboxylic acids is 1. The number of carbonyl (C=O) groups is 2. The molecule has 2 heterocycles. The van der Waals surface area contributed by atoms with E-state index in [9.17, 15) is 9.59 Å². The van der Waals surface area contributed by atoms with Gasteiger partial charge in [0.25, 0.3) is 0 Å². The summed E-state index contributed by atoms with van der Waals surface area (Å²) >= 11 is 6.99. The van der Waals surface area contributed by atoms with Gasteiger partial charge >= 0.3 is 5.97 Å². The Hall–Kier alpha value is -2.58. The largest absolute Gasteiger partial charge is 0.481 e. The van der Waals surface area contributed by atoms with Crippen LogP contribution in [-0.4, -0.2) is 33.6 Å². The van der Waals surface area contributed by atoms with Gasteiger partial charge in [0.15, 0.2) is 5.17 Å². The molecule has 1 amide bonds. The molecule has 9 heteroatoms. The number of carboxylic acid groups (broad SMARTS) is 1. The number of hydrogen-bond acceptors (Lipinski definition) is 6. The molecule has 2 aromatic rings. The molecule has 3 rings (SSSR count). The van der Waals surface area contributed by atoms with Crippen molar-refractivity contribution < 1.29 is 19.1 Å². The van der Waals surface area contributed by atoms with Gasteiger partial charge in [-0.1, -0.05) is 35.5 Å². The van der Waals surface area contributed by atoms with Gasteiger partial charge < -0.3 is 14.8 Å². The predicted molar refractivity (Wildman–Crippen MR) is 96.0 cm³/mol. The molecule has 1 fully saturated rings. The number of nitrogens with one attached hydrogen (secondary N) is 1. The monoisotopic (exact) mass is 377 g/mol. The number of thioether (sulfide) groups is 1. The zero-order valence-corrected chi connectivity index (χ0v) is 14.3. The Morgan fingerprint density at radius 1 is 1.40 bits per heavy atom. The number of furan rings is 1. The molecule has 25 heavy (non-hydrogen) atoms. The van der Waals surface area contributed by atoms with Crippen LogP contribution in [0.2, 0.25) is 5.02 Å². The molecule has 1 aliphatic heterocycles. The van der Waals surface area contributed by atoms with Crippen LogP contribution >= 0.6 is 23.4 Å². The lowest BCUT2D eigenvalue weighted by Gasteiger charge is -1.97. The Morgan fingerprint density at radius 2 is 2.24 bits per heavy atom. The zero-order valence-electron chi connectivity index (χ0n) is 12.7. The van der Waals surface area contributed by atoms with Crippen LogP contribution in [0.4, 0.5) is 0 Å². The number of hydrogen-bond donors (Lipinski definition) is 2. The third kappa shape index (κ3) is 4.49. The van der Waals surface area contributed by atoms with Gasteiger partial charge in [-0.25, -0.2) is 0 Å². The molecule has 0 unspecified atom stereocenters. The summed E-state index contributed by atoms with van der Waals surface area (Å²) < 4.78 is 5.64. The van der Waals surface area contributed by atoms with Crippen LogP contribution in [0.5, 0.6) is 0 Å². The average Bonchev–Trinajstić information content (AvgIpc) is 3.15. The van der Waals surface area contributed by atoms with Crippen LogP contribution in [-0.2, 0) is 9.59 Å². The van der Waals surface area contributed by atoms with Gasteiger partial charge in [0.2, 0.25) is 5.91 Å². The molecular formula is C16H12ClN3O4S. The summed E-state index contributed by atoms with van der Waals surface area (Å²) in [5.41, 5.74) is 0.841. The molecule has 1 aromatic carbocycles. The second-order valence-electron chi connectivity index (χ2n) is 5.06. The highest BCUT2D eigenvalue weighted by molar-refractivity contribution is 8.15. The lowest BCUT2D eigenvalue weighted by molar-refractivity contribution is -0.138. The second kappa shape index (κ2) is 7.54. The van der Waals surface area contributed by atoms with Gasteiger partial charge in [-0.15, -0.1) is 5.10 Å². The standard InChI is InChI=1S/C16H12ClN3O4S/c17-10-3-1-2-9(6-10)12-5-4-11(24-12)8-18-20-16-19-15(23)13(25-16)7-14(21)22/h1-6,8,13H,7H2,(H,21,22)(H,19,20,23)/b18-8-/t13-/m0/s1. The summed E-state index contributed by atoms with van der Waals surface area (Å²) in [5, 5.41) is 19.1. The van der Waals surface area contributed by atoms with Crippen LogP contribution < -0.4 is 5.32 Å². The molecule has 1 aliphatic rings. The SMILES string of the molecule is O=C(O)C[C@@H]1S/C(=N/N=C\c2ccc(-c3cccc(Cl)c3)o2)NC1=O. The van der Waals surface area contributed by atoms with Crippen molar-refractivity contribution in [1.82, 2.24) is 5.32 Å². The molecule has 2 N–H and O–H groups in total. The van der Waals surface area contributed by atoms with Gasteiger partial charge in [-0.2, -0.15) is 5.10 Å². The van der Waals surface area contributed by atoms with E-state index in [4.69, 9.17) is 21.1 Å². The molecule has 0 radical (unpaired) electrons. The van der Waals surface area contributed by atoms with Crippen LogP contribution in [0, 0.1) is 0 Å². The summed E-state index contributed by atoms with van der Waals surface area (Å²) in [6.45, 7) is 0. The van der Waals surface area contributed by atoms with Crippen LogP contribution in [0.3, 0.4) is 0 Å². The minimum Gasteiger partial charge on any atom is -0.481 e. The van der Waals surface area contributed by atoms with Crippen molar-refractivity contribution in [2.24, 2.45) is 10.2 Å². The van der Waals surface area contributed by atoms with Crippen molar-refractivity contribution >= 4 is 46.6 Å². The van der Waals surface area contributed by atoms with Crippen molar-refractivity contribution in [2.75, 3.05) is 0 Å². The first-order valence-corrected chi connectivity index (χ1v) is 8.43. The van der Waals surface area contributed by atoms with Crippen LogP contribution in [0.15, 0.2) is 51.0 Å². The highest BCUT2D eigenvalue weighted by Gasteiger charge is 2.32. The van der Waals surface area contributed by atoms with Crippen molar-refractivity contribution in [3.63, 3.8) is 0 Å². The van der Waals surface area contributed by atoms with Gasteiger partial charge in [0.05, 0.1) is 12.6 Å². The first kappa shape index (κ1) is 17.2. The fraction of sp³-hybridized carbons (Fsp3) is 0.125. The van der Waals surface area contributed by atoms with E-state index in [1.54, 1.807) is 24.3 Å². The first-order valence-electron chi connectivity index (χ1n) is 7.17. The number of amides is 1. The molecule has 0 saturated carbocycles. The molecule has 1 atom stereocenters. The summed E-state index contributed by atoms with van der Waals surface area (Å²) in [4.78, 5) is 22.2. The molecule has 0 spiro atoms. The lowest BCUT2D eigenvalue weighted by Crippen LogP contribution is -2.26. The Bertz CT molecular complexity index is 878. The fourth-order valence-electron chi connectivity index (χ4n) is 2.10. The van der Waals surface area contributed by atoms with Gasteiger partial charge in [0.1, 0.15) is 16.8 Å². The maximum atomic E-state index is 11.6. The van der Waals surface area contributed by atoms with E-state index in [0.29, 0.717) is 16.5 Å². The zero-order chi connectivity index (χ0) is 17.8. The Labute approximate surface area is 151 Å². The number of carbonyl (C=O) groups excluding carboxylic acids is 1. The summed E-state index contributed by atoms with van der Waals surface area (Å²) in [6, 6.07) is 10.8. The number of carboxylic acids is 1. The Morgan fingerprint density at radius 3 is 3.00 bits per heavy atom. The molecule has 1 saturated heterocycles. The molecule has 0 aliphatic carbocycles. The van der Waals surface area contributed by atoms with Crippen LogP contribution in [0.1, 0.15) is 12.2 Å². The van der Waals surface area contributed by atoms with E-state index in [1.807, 2.05) is 12.1 Å². The maximum Gasteiger partial charge on any atom is 0.305 e. The van der Waals surface area contributed by atoms with Crippen molar-refractivity contribution in [2.45, 2.75) is 11.7 Å². The molecule has 0 bridgehead atoms. The van der Waals surface area contributed by atoms with Crippen molar-refractivity contribution in [1.29, 1.82) is 0 Å². The maximum absolute atomic E-state index is 11.6. The summed E-state index contributed by atoms with van der Waals surface area (Å²) in [7, 11) is 0. The summed E-state index contributed by atoms with van der Waals surface area (Å²) in [5.74, 6) is -0.304. The first-order chi connectivity index (χ1) is 12.0. The Kier molecular flexibility index (Phi) is 5.20. The van der Waals surface area contributed by atoms with E-state index in [2.05, 4.69) is 15.5 Å². The van der Waals surface area contributed by atoms with E-state index < -0.39 is 11.2 Å². The number of halogens is 1. The predicted octanol–water partition coefficient (Wildman–Crippen LogP) is 3.00. The normalized spacial score (nSPS) is 18.8. The third-order valence-electron chi connectivity index (χ3n) is 3.21. The Balaban J connectivity index is 1.65. The quantitative estimate of drug-likeness (QED) is 0.615. The average molecular weight is 378 g/mol. The third-order valence-corrected chi connectivity index (χ3v) is 4.51. The molecule has 1 aromatic heterocycles. The highest BCUT2D eigenvalue weighted by atomic mass is 35.5. The smallest absolute Gasteiger partial charge is 0.305 e. The highest BCUT2D eigenvalue weighted by Crippen LogP contribution is 2.25. The van der Waals surface area contributed by atoms with E-state index in [0.717, 1.165) is 17.3 Å². The van der Waals surface area contributed by atoms with Gasteiger partial charge in [-0.05, 0) is 24.3 Å². The number of amidine groups is 1. The van der Waals surface area contributed by atoms with Gasteiger partial charge in [0, 0.05) is 10.6 Å². The molecular weight excluding hydrogens is 366 g/mol. The minimum atomic E-state index is -1.04. The second-order valence-corrected chi connectivity index (χ2v) is 6.68. The molecule has 128 valence electrons. The lowest BCUT2D eigenvalue weighted by atomic mass is 10.2. The number of rotatable bonds is 5. The van der Waals surface area contributed by atoms with Gasteiger partial charge in [-0.3, -0.25) is 9.59 Å². The van der Waals surface area contributed by atoms with E-state index in [1.165, 1.54) is 6.21 Å². The fourth-order valence-corrected chi connectivity index (χ4v) is 3.21. The van der Waals surface area contributed by atoms with Crippen molar-refractivity contribution in [3.8, 4) is 11.3 Å². The number of nitrogens with zero attached hydrogens (tertiary/aromatic N) is 2. The van der Waals surface area contributed by atoms with E-state index in [-0.39, 0.29) is 17.5 Å².